The summed E-state index contributed by atoms with van der Waals surface area (Å²) in [5, 5.41) is 28.2. The van der Waals surface area contributed by atoms with Crippen LogP contribution in [0.25, 0.3) is 0 Å². The maximum atomic E-state index is 9.80. The maximum absolute atomic E-state index is 9.80. The van der Waals surface area contributed by atoms with E-state index in [0.717, 1.165) is 6.54 Å². The van der Waals surface area contributed by atoms with Crippen molar-refractivity contribution < 1.29 is 15.3 Å². The average molecular weight is 211 g/mol. The summed E-state index contributed by atoms with van der Waals surface area (Å²) in [6, 6.07) is 4.35. The Morgan fingerprint density at radius 1 is 1.27 bits per heavy atom. The lowest BCUT2D eigenvalue weighted by atomic mass is 10.1. The van der Waals surface area contributed by atoms with Gasteiger partial charge in [0, 0.05) is 6.54 Å². The van der Waals surface area contributed by atoms with Crippen molar-refractivity contribution in [3.63, 3.8) is 0 Å². The molecule has 0 amide bonds. The van der Waals surface area contributed by atoms with Gasteiger partial charge in [0.25, 0.3) is 0 Å². The molecule has 15 heavy (non-hydrogen) atoms. The number of phenols is 2. The Labute approximate surface area is 89.4 Å². The van der Waals surface area contributed by atoms with Gasteiger partial charge >= 0.3 is 0 Å². The summed E-state index contributed by atoms with van der Waals surface area (Å²) in [5.41, 5.74) is 0.602. The Balaban J connectivity index is 2.73. The predicted octanol–water partition coefficient (Wildman–Crippen LogP) is 1.08. The van der Waals surface area contributed by atoms with Gasteiger partial charge in [-0.05, 0) is 31.3 Å². The van der Waals surface area contributed by atoms with Gasteiger partial charge in [-0.2, -0.15) is 0 Å². The van der Waals surface area contributed by atoms with Gasteiger partial charge in [0.05, 0.1) is 6.10 Å². The van der Waals surface area contributed by atoms with Crippen LogP contribution in [0.2, 0.25) is 0 Å². The van der Waals surface area contributed by atoms with Crippen molar-refractivity contribution in [1.29, 1.82) is 0 Å². The van der Waals surface area contributed by atoms with E-state index in [1.54, 1.807) is 6.07 Å². The maximum Gasteiger partial charge on any atom is 0.157 e. The van der Waals surface area contributed by atoms with E-state index in [9.17, 15) is 10.2 Å². The van der Waals surface area contributed by atoms with Crippen molar-refractivity contribution in [2.75, 3.05) is 20.1 Å². The number of aromatic hydroxyl groups is 2. The highest BCUT2D eigenvalue weighted by Gasteiger charge is 2.11. The number of rotatable bonds is 4. The lowest BCUT2D eigenvalue weighted by Crippen LogP contribution is -2.24. The quantitative estimate of drug-likeness (QED) is 0.652. The molecular formula is C11H17NO3. The fourth-order valence-electron chi connectivity index (χ4n) is 1.28. The largest absolute Gasteiger partial charge is 0.504 e. The van der Waals surface area contributed by atoms with Gasteiger partial charge in [0.1, 0.15) is 0 Å². The molecule has 0 aromatic heterocycles. The fourth-order valence-corrected chi connectivity index (χ4v) is 1.28. The summed E-state index contributed by atoms with van der Waals surface area (Å²) in [7, 11) is 1.91. The molecule has 3 N–H and O–H groups in total. The van der Waals surface area contributed by atoms with E-state index in [1.165, 1.54) is 12.1 Å². The highest BCUT2D eigenvalue weighted by Crippen LogP contribution is 2.27. The summed E-state index contributed by atoms with van der Waals surface area (Å²) in [4.78, 5) is 1.97. The molecule has 0 radical (unpaired) electrons. The summed E-state index contributed by atoms with van der Waals surface area (Å²) in [5.74, 6) is -0.375. The zero-order chi connectivity index (χ0) is 11.4. The van der Waals surface area contributed by atoms with Gasteiger partial charge in [0.15, 0.2) is 11.5 Å². The van der Waals surface area contributed by atoms with E-state index in [1.807, 2.05) is 18.9 Å². The Hall–Kier alpha value is -1.26. The third-order valence-electron chi connectivity index (χ3n) is 2.41. The molecule has 0 saturated heterocycles. The van der Waals surface area contributed by atoms with Crippen LogP contribution in [0.5, 0.6) is 11.5 Å². The van der Waals surface area contributed by atoms with Crippen LogP contribution in [0.1, 0.15) is 18.6 Å². The van der Waals surface area contributed by atoms with Crippen LogP contribution >= 0.6 is 0 Å². The minimum absolute atomic E-state index is 0.171. The minimum atomic E-state index is -0.651. The molecule has 0 unspecified atom stereocenters. The second-order valence-electron chi connectivity index (χ2n) is 3.62. The van der Waals surface area contributed by atoms with Crippen LogP contribution in [0.4, 0.5) is 0 Å². The second kappa shape index (κ2) is 5.00. The predicted molar refractivity (Wildman–Crippen MR) is 57.9 cm³/mol. The Bertz CT molecular complexity index is 328. The molecule has 0 bridgehead atoms. The van der Waals surface area contributed by atoms with E-state index >= 15 is 0 Å². The molecule has 0 fully saturated rings. The van der Waals surface area contributed by atoms with Gasteiger partial charge in [-0.3, -0.25) is 0 Å². The molecule has 1 aromatic carbocycles. The first-order valence-electron chi connectivity index (χ1n) is 4.93. The molecular weight excluding hydrogens is 194 g/mol. The van der Waals surface area contributed by atoms with Crippen LogP contribution in [-0.4, -0.2) is 40.4 Å². The smallest absolute Gasteiger partial charge is 0.157 e. The van der Waals surface area contributed by atoms with Crippen LogP contribution in [0.3, 0.4) is 0 Å². The first kappa shape index (κ1) is 11.8. The molecule has 0 aliphatic rings. The minimum Gasteiger partial charge on any atom is -0.504 e. The Morgan fingerprint density at radius 3 is 2.47 bits per heavy atom. The van der Waals surface area contributed by atoms with Crippen LogP contribution in [-0.2, 0) is 0 Å². The van der Waals surface area contributed by atoms with Crippen molar-refractivity contribution in [2.45, 2.75) is 13.0 Å². The van der Waals surface area contributed by atoms with Gasteiger partial charge in [-0.1, -0.05) is 13.0 Å². The molecule has 1 rings (SSSR count). The molecule has 4 nitrogen and oxygen atoms in total. The molecule has 84 valence electrons. The Morgan fingerprint density at radius 2 is 1.93 bits per heavy atom. The Kier molecular flexibility index (Phi) is 3.94. The van der Waals surface area contributed by atoms with Crippen molar-refractivity contribution in [2.24, 2.45) is 0 Å². The molecule has 0 aliphatic carbocycles. The number of nitrogens with zero attached hydrogens (tertiary/aromatic N) is 1. The highest BCUT2D eigenvalue weighted by atomic mass is 16.3. The van der Waals surface area contributed by atoms with E-state index < -0.39 is 6.10 Å². The number of hydrogen-bond acceptors (Lipinski definition) is 4. The summed E-state index contributed by atoms with van der Waals surface area (Å²) in [6.07, 6.45) is -0.651. The number of hydrogen-bond donors (Lipinski definition) is 3. The first-order chi connectivity index (χ1) is 7.04. The standard InChI is InChI=1S/C11H17NO3/c1-3-12(2)7-11(15)8-4-5-9(13)10(14)6-8/h4-6,11,13-15H,3,7H2,1-2H3/t11-/m1/s1. The molecule has 1 atom stereocenters. The third kappa shape index (κ3) is 3.11. The zero-order valence-corrected chi connectivity index (χ0v) is 9.01. The fraction of sp³-hybridized carbons (Fsp3) is 0.455. The van der Waals surface area contributed by atoms with Crippen LogP contribution in [0.15, 0.2) is 18.2 Å². The summed E-state index contributed by atoms with van der Waals surface area (Å²) >= 11 is 0. The van der Waals surface area contributed by atoms with Gasteiger partial charge in [-0.15, -0.1) is 0 Å². The molecule has 0 heterocycles. The first-order valence-corrected chi connectivity index (χ1v) is 4.93. The molecule has 0 aliphatic heterocycles. The molecule has 0 saturated carbocycles. The SMILES string of the molecule is CCN(C)C[C@@H](O)c1ccc(O)c(O)c1. The van der Waals surface area contributed by atoms with E-state index in [4.69, 9.17) is 5.11 Å². The normalized spacial score (nSPS) is 13.1. The number of likely N-dealkylation sites (N-methyl/N-ethyl adjacent to an activating group) is 1. The van der Waals surface area contributed by atoms with Gasteiger partial charge < -0.3 is 20.2 Å². The van der Waals surface area contributed by atoms with Crippen molar-refractivity contribution in [3.8, 4) is 11.5 Å². The van der Waals surface area contributed by atoms with E-state index in [0.29, 0.717) is 12.1 Å². The second-order valence-corrected chi connectivity index (χ2v) is 3.62. The number of aliphatic hydroxyl groups is 1. The highest BCUT2D eigenvalue weighted by molar-refractivity contribution is 5.41. The third-order valence-corrected chi connectivity index (χ3v) is 2.41. The lowest BCUT2D eigenvalue weighted by molar-refractivity contribution is 0.129. The summed E-state index contributed by atoms with van der Waals surface area (Å²) in [6.45, 7) is 3.35. The van der Waals surface area contributed by atoms with Crippen molar-refractivity contribution >= 4 is 0 Å². The van der Waals surface area contributed by atoms with E-state index in [-0.39, 0.29) is 11.5 Å². The van der Waals surface area contributed by atoms with Crippen molar-refractivity contribution in [3.05, 3.63) is 23.8 Å². The number of aliphatic hydroxyl groups excluding tert-OH is 1. The van der Waals surface area contributed by atoms with Gasteiger partial charge in [0.2, 0.25) is 0 Å². The molecule has 4 heteroatoms. The average Bonchev–Trinajstić information content (AvgIpc) is 2.21. The lowest BCUT2D eigenvalue weighted by Gasteiger charge is -2.19. The molecule has 0 spiro atoms. The van der Waals surface area contributed by atoms with Crippen molar-refractivity contribution in [1.82, 2.24) is 4.90 Å². The monoisotopic (exact) mass is 211 g/mol. The van der Waals surface area contributed by atoms with Gasteiger partial charge in [-0.25, -0.2) is 0 Å². The van der Waals surface area contributed by atoms with Crippen LogP contribution in [0, 0.1) is 0 Å². The van der Waals surface area contributed by atoms with E-state index in [2.05, 4.69) is 0 Å². The number of benzene rings is 1. The molecule has 1 aromatic rings. The number of phenolic OH excluding ortho intramolecular Hbond substituents is 2. The summed E-state index contributed by atoms with van der Waals surface area (Å²) < 4.78 is 0. The topological polar surface area (TPSA) is 63.9 Å². The van der Waals surface area contributed by atoms with Crippen LogP contribution < -0.4 is 0 Å². The zero-order valence-electron chi connectivity index (χ0n) is 9.01.